The van der Waals surface area contributed by atoms with Gasteiger partial charge in [0.25, 0.3) is 0 Å². The van der Waals surface area contributed by atoms with Crippen LogP contribution in [0.3, 0.4) is 0 Å². The second-order valence-corrected chi connectivity index (χ2v) is 15.0. The Morgan fingerprint density at radius 2 is 1.04 bits per heavy atom. The first-order chi connectivity index (χ1) is 25.4. The second kappa shape index (κ2) is 40.2. The summed E-state index contributed by atoms with van der Waals surface area (Å²) in [4.78, 5) is 22.4. The van der Waals surface area contributed by atoms with Crippen LogP contribution in [0.1, 0.15) is 174 Å². The van der Waals surface area contributed by atoms with Crippen LogP contribution in [0.15, 0.2) is 60.9 Å². The molecule has 0 aromatic carbocycles. The molecule has 0 fully saturated rings. The molecule has 0 aliphatic rings. The molecular formula is C43H78NO7P. The molecule has 9 heteroatoms. The lowest BCUT2D eigenvalue weighted by molar-refractivity contribution is -0.153. The predicted molar refractivity (Wildman–Crippen MR) is 219 cm³/mol. The normalized spacial score (nSPS) is 14.1. The number of rotatable bonds is 39. The van der Waals surface area contributed by atoms with E-state index in [1.807, 2.05) is 6.08 Å². The number of carbonyl (C=O) groups is 1. The van der Waals surface area contributed by atoms with Crippen LogP contribution in [0.2, 0.25) is 0 Å². The minimum absolute atomic E-state index is 0.0174. The molecule has 0 spiro atoms. The van der Waals surface area contributed by atoms with Crippen LogP contribution in [0.4, 0.5) is 0 Å². The van der Waals surface area contributed by atoms with Gasteiger partial charge >= 0.3 is 13.8 Å². The molecule has 0 aliphatic heterocycles. The summed E-state index contributed by atoms with van der Waals surface area (Å²) < 4.78 is 33.1. The number of nitrogens with two attached hydrogens (primary N) is 1. The van der Waals surface area contributed by atoms with Crippen molar-refractivity contribution < 1.29 is 32.8 Å². The maximum Gasteiger partial charge on any atom is 0.472 e. The van der Waals surface area contributed by atoms with Crippen molar-refractivity contribution in [3.63, 3.8) is 0 Å². The van der Waals surface area contributed by atoms with E-state index in [0.717, 1.165) is 57.8 Å². The number of phosphoric acid groups is 1. The summed E-state index contributed by atoms with van der Waals surface area (Å²) in [5, 5.41) is 0. The van der Waals surface area contributed by atoms with Gasteiger partial charge in [-0.3, -0.25) is 13.8 Å². The molecule has 0 aromatic rings. The van der Waals surface area contributed by atoms with Crippen LogP contribution in [-0.4, -0.2) is 43.3 Å². The van der Waals surface area contributed by atoms with Gasteiger partial charge in [0.2, 0.25) is 0 Å². The zero-order chi connectivity index (χ0) is 38.1. The van der Waals surface area contributed by atoms with Crippen molar-refractivity contribution in [1.82, 2.24) is 0 Å². The standard InChI is InChI=1S/C43H78NO7P/c1-3-5-7-9-11-13-15-17-19-21-22-24-26-28-30-32-34-36-43(45)51-42(41-50-52(46,47)49-39-37-44)40-48-38-35-33-31-29-27-25-23-20-18-16-14-12-10-8-6-4-2/h11,13-14,16-17,19,22,24,35,38,42H,3-10,12,15,18,20-21,23,25-34,36-37,39-41,44H2,1-2H3,(H,46,47)/b13-11-,16-14-,19-17-,24-22-,38-35-/t42-/m1/s1. The molecule has 0 amide bonds. The maximum atomic E-state index is 12.5. The maximum absolute atomic E-state index is 12.5. The molecule has 0 aromatic heterocycles. The van der Waals surface area contributed by atoms with E-state index in [1.165, 1.54) is 96.3 Å². The first-order valence-corrected chi connectivity index (χ1v) is 22.3. The van der Waals surface area contributed by atoms with E-state index in [0.29, 0.717) is 0 Å². The summed E-state index contributed by atoms with van der Waals surface area (Å²) in [6.45, 7) is 4.16. The Labute approximate surface area is 319 Å². The fourth-order valence-electron chi connectivity index (χ4n) is 5.37. The van der Waals surface area contributed by atoms with Gasteiger partial charge in [-0.25, -0.2) is 4.57 Å². The van der Waals surface area contributed by atoms with E-state index >= 15 is 0 Å². The van der Waals surface area contributed by atoms with Gasteiger partial charge in [-0.05, 0) is 89.5 Å². The number of hydrogen-bond donors (Lipinski definition) is 2. The molecule has 2 atom stereocenters. The molecule has 0 radical (unpaired) electrons. The molecule has 8 nitrogen and oxygen atoms in total. The van der Waals surface area contributed by atoms with Gasteiger partial charge in [-0.2, -0.15) is 0 Å². The molecule has 3 N–H and O–H groups in total. The summed E-state index contributed by atoms with van der Waals surface area (Å²) in [7, 11) is -4.30. The summed E-state index contributed by atoms with van der Waals surface area (Å²) in [5.41, 5.74) is 5.35. The van der Waals surface area contributed by atoms with Crippen LogP contribution in [0, 0.1) is 0 Å². The van der Waals surface area contributed by atoms with Gasteiger partial charge < -0.3 is 20.1 Å². The Kier molecular flexibility index (Phi) is 38.7. The smallest absolute Gasteiger partial charge is 0.472 e. The summed E-state index contributed by atoms with van der Waals surface area (Å²) in [5.74, 6) is -0.377. The Morgan fingerprint density at radius 1 is 0.596 bits per heavy atom. The average molecular weight is 752 g/mol. The van der Waals surface area contributed by atoms with Crippen LogP contribution in [0.25, 0.3) is 0 Å². The number of carbonyl (C=O) groups excluding carboxylic acids is 1. The number of phosphoric ester groups is 1. The van der Waals surface area contributed by atoms with Gasteiger partial charge in [0, 0.05) is 13.0 Å². The van der Waals surface area contributed by atoms with E-state index in [2.05, 4.69) is 62.5 Å². The van der Waals surface area contributed by atoms with Gasteiger partial charge in [0.1, 0.15) is 6.61 Å². The average Bonchev–Trinajstić information content (AvgIpc) is 3.13. The molecule has 0 saturated carbocycles. The van der Waals surface area contributed by atoms with Gasteiger partial charge in [0.05, 0.1) is 19.5 Å². The monoisotopic (exact) mass is 752 g/mol. The van der Waals surface area contributed by atoms with Crippen molar-refractivity contribution in [2.24, 2.45) is 5.73 Å². The zero-order valence-electron chi connectivity index (χ0n) is 33.3. The number of unbranched alkanes of at least 4 members (excludes halogenated alkanes) is 18. The highest BCUT2D eigenvalue weighted by atomic mass is 31.2. The van der Waals surface area contributed by atoms with Crippen molar-refractivity contribution in [3.8, 4) is 0 Å². The first kappa shape index (κ1) is 50.0. The minimum Gasteiger partial charge on any atom is -0.498 e. The first-order valence-electron chi connectivity index (χ1n) is 20.8. The molecule has 52 heavy (non-hydrogen) atoms. The van der Waals surface area contributed by atoms with Crippen LogP contribution in [-0.2, 0) is 27.9 Å². The molecule has 0 saturated heterocycles. The van der Waals surface area contributed by atoms with E-state index in [9.17, 15) is 14.3 Å². The molecule has 0 heterocycles. The Hall–Kier alpha value is -1.96. The Balaban J connectivity index is 4.18. The van der Waals surface area contributed by atoms with Crippen molar-refractivity contribution in [2.45, 2.75) is 180 Å². The Bertz CT molecular complexity index is 979. The number of esters is 1. The highest BCUT2D eigenvalue weighted by Crippen LogP contribution is 2.43. The molecule has 0 rings (SSSR count). The second-order valence-electron chi connectivity index (χ2n) is 13.6. The topological polar surface area (TPSA) is 117 Å². The summed E-state index contributed by atoms with van der Waals surface area (Å²) >= 11 is 0. The van der Waals surface area contributed by atoms with Gasteiger partial charge in [0.15, 0.2) is 6.10 Å². The zero-order valence-corrected chi connectivity index (χ0v) is 34.2. The van der Waals surface area contributed by atoms with Crippen LogP contribution >= 0.6 is 7.82 Å². The highest BCUT2D eigenvalue weighted by Gasteiger charge is 2.25. The van der Waals surface area contributed by atoms with Crippen molar-refractivity contribution >= 4 is 13.8 Å². The largest absolute Gasteiger partial charge is 0.498 e. The van der Waals surface area contributed by atoms with Crippen molar-refractivity contribution in [3.05, 3.63) is 60.9 Å². The quantitative estimate of drug-likeness (QED) is 0.0210. The number of hydrogen-bond acceptors (Lipinski definition) is 7. The third-order valence-corrected chi connectivity index (χ3v) is 9.46. The summed E-state index contributed by atoms with van der Waals surface area (Å²) in [6, 6.07) is 0. The van der Waals surface area contributed by atoms with Crippen LogP contribution < -0.4 is 5.73 Å². The molecular weight excluding hydrogens is 673 g/mol. The molecule has 0 bridgehead atoms. The van der Waals surface area contributed by atoms with E-state index in [1.54, 1.807) is 6.26 Å². The molecule has 302 valence electrons. The minimum atomic E-state index is -4.30. The van der Waals surface area contributed by atoms with Gasteiger partial charge in [-0.1, -0.05) is 133 Å². The van der Waals surface area contributed by atoms with Crippen molar-refractivity contribution in [2.75, 3.05) is 26.4 Å². The van der Waals surface area contributed by atoms with E-state index in [-0.39, 0.29) is 38.8 Å². The molecule has 1 unspecified atom stereocenters. The summed E-state index contributed by atoms with van der Waals surface area (Å²) in [6.07, 6.45) is 48.9. The number of allylic oxidation sites excluding steroid dienone is 9. The van der Waals surface area contributed by atoms with Crippen molar-refractivity contribution in [1.29, 1.82) is 0 Å². The lowest BCUT2D eigenvalue weighted by Gasteiger charge is -2.19. The fraction of sp³-hybridized carbons (Fsp3) is 0.744. The lowest BCUT2D eigenvalue weighted by Crippen LogP contribution is -2.27. The number of ether oxygens (including phenoxy) is 2. The van der Waals surface area contributed by atoms with E-state index in [4.69, 9.17) is 24.3 Å². The van der Waals surface area contributed by atoms with E-state index < -0.39 is 13.9 Å². The third-order valence-electron chi connectivity index (χ3n) is 8.47. The fourth-order valence-corrected chi connectivity index (χ4v) is 6.14. The lowest BCUT2D eigenvalue weighted by atomic mass is 10.1. The SMILES string of the molecule is CCCCC/C=C\C/C=C\C/C=C\CCCCCCC(=O)O[C@H](CO/C=C\CCCCCCCC/C=C\CCCCCC)COP(=O)(O)OCCN. The third kappa shape index (κ3) is 39.3. The van der Waals surface area contributed by atoms with Crippen LogP contribution in [0.5, 0.6) is 0 Å². The highest BCUT2D eigenvalue weighted by molar-refractivity contribution is 7.47. The predicted octanol–water partition coefficient (Wildman–Crippen LogP) is 12.5. The van der Waals surface area contributed by atoms with Gasteiger partial charge in [-0.15, -0.1) is 0 Å². The molecule has 0 aliphatic carbocycles. The Morgan fingerprint density at radius 3 is 1.60 bits per heavy atom.